The summed E-state index contributed by atoms with van der Waals surface area (Å²) in [6.45, 7) is 0. The SMILES string of the molecule is O=C1C2=C(c3ccccc3CC23CCCCC3)N2C=NNC2N1c1ccccc1. The summed E-state index contributed by atoms with van der Waals surface area (Å²) in [5.41, 5.74) is 8.57. The molecule has 29 heavy (non-hydrogen) atoms. The zero-order chi connectivity index (χ0) is 19.4. The van der Waals surface area contributed by atoms with Crippen molar-refractivity contribution in [3.8, 4) is 0 Å². The van der Waals surface area contributed by atoms with Crippen molar-refractivity contribution in [2.24, 2.45) is 10.5 Å². The number of carbonyl (C=O) groups is 1. The zero-order valence-corrected chi connectivity index (χ0v) is 16.3. The van der Waals surface area contributed by atoms with Crippen LogP contribution in [0, 0.1) is 5.41 Å². The van der Waals surface area contributed by atoms with E-state index in [2.05, 4.69) is 39.7 Å². The Morgan fingerprint density at radius 2 is 1.72 bits per heavy atom. The predicted molar refractivity (Wildman–Crippen MR) is 114 cm³/mol. The highest BCUT2D eigenvalue weighted by atomic mass is 16.2. The van der Waals surface area contributed by atoms with Crippen molar-refractivity contribution in [3.63, 3.8) is 0 Å². The second kappa shape index (κ2) is 6.21. The van der Waals surface area contributed by atoms with Gasteiger partial charge in [-0.1, -0.05) is 61.7 Å². The molecule has 2 aliphatic carbocycles. The van der Waals surface area contributed by atoms with E-state index in [-0.39, 0.29) is 17.6 Å². The molecule has 6 rings (SSSR count). The number of hydrogen-bond acceptors (Lipinski definition) is 4. The van der Waals surface area contributed by atoms with Crippen LogP contribution in [-0.2, 0) is 11.2 Å². The Bertz CT molecular complexity index is 1040. The Hall–Kier alpha value is -3.08. The fraction of sp³-hybridized carbons (Fsp3) is 0.333. The first kappa shape index (κ1) is 16.8. The number of para-hydroxylation sites is 1. The highest BCUT2D eigenvalue weighted by molar-refractivity contribution is 6.15. The van der Waals surface area contributed by atoms with E-state index in [1.54, 1.807) is 0 Å². The minimum Gasteiger partial charge on any atom is -0.290 e. The van der Waals surface area contributed by atoms with Crippen LogP contribution in [0.25, 0.3) is 5.70 Å². The van der Waals surface area contributed by atoms with E-state index < -0.39 is 0 Å². The third kappa shape index (κ3) is 2.33. The molecule has 5 nitrogen and oxygen atoms in total. The topological polar surface area (TPSA) is 47.9 Å². The van der Waals surface area contributed by atoms with Gasteiger partial charge in [-0.05, 0) is 37.0 Å². The molecule has 2 heterocycles. The number of hydrazone groups is 1. The average molecular weight is 384 g/mol. The van der Waals surface area contributed by atoms with Gasteiger partial charge < -0.3 is 0 Å². The lowest BCUT2D eigenvalue weighted by Gasteiger charge is -2.50. The zero-order valence-electron chi connectivity index (χ0n) is 16.3. The molecule has 0 aromatic heterocycles. The van der Waals surface area contributed by atoms with Crippen LogP contribution in [0.2, 0.25) is 0 Å². The molecule has 5 heteroatoms. The van der Waals surface area contributed by atoms with E-state index in [9.17, 15) is 4.79 Å². The molecular weight excluding hydrogens is 360 g/mol. The van der Waals surface area contributed by atoms with Gasteiger partial charge >= 0.3 is 0 Å². The number of amides is 1. The number of hydrogen-bond donors (Lipinski definition) is 1. The van der Waals surface area contributed by atoms with Crippen LogP contribution in [0.5, 0.6) is 0 Å². The van der Waals surface area contributed by atoms with E-state index in [0.717, 1.165) is 36.2 Å². The second-order valence-corrected chi connectivity index (χ2v) is 8.56. The minimum absolute atomic E-state index is 0.0759. The van der Waals surface area contributed by atoms with E-state index in [0.29, 0.717) is 0 Å². The number of benzene rings is 2. The van der Waals surface area contributed by atoms with Crippen LogP contribution in [0.3, 0.4) is 0 Å². The molecule has 2 aromatic rings. The van der Waals surface area contributed by atoms with E-state index in [1.807, 2.05) is 41.6 Å². The average Bonchev–Trinajstić information content (AvgIpc) is 3.24. The highest BCUT2D eigenvalue weighted by Crippen LogP contribution is 2.54. The molecule has 2 aromatic carbocycles. The number of fused-ring (bicyclic) bond motifs is 5. The number of nitrogens with one attached hydrogen (secondary N) is 1. The largest absolute Gasteiger partial charge is 0.290 e. The van der Waals surface area contributed by atoms with Gasteiger partial charge in [-0.2, -0.15) is 5.10 Å². The van der Waals surface area contributed by atoms with Crippen molar-refractivity contribution in [1.82, 2.24) is 10.3 Å². The van der Waals surface area contributed by atoms with E-state index in [4.69, 9.17) is 0 Å². The second-order valence-electron chi connectivity index (χ2n) is 8.56. The van der Waals surface area contributed by atoms with Gasteiger partial charge in [0, 0.05) is 22.2 Å². The fourth-order valence-electron chi connectivity index (χ4n) is 5.72. The normalized spacial score (nSPS) is 24.3. The summed E-state index contributed by atoms with van der Waals surface area (Å²) in [5, 5.41) is 4.36. The van der Waals surface area contributed by atoms with Gasteiger partial charge in [0.2, 0.25) is 6.29 Å². The van der Waals surface area contributed by atoms with Crippen molar-refractivity contribution in [2.45, 2.75) is 44.8 Å². The molecule has 4 aliphatic rings. The van der Waals surface area contributed by atoms with Crippen LogP contribution in [0.15, 0.2) is 65.3 Å². The Morgan fingerprint density at radius 1 is 0.966 bits per heavy atom. The number of carbonyl (C=O) groups excluding carboxylic acids is 1. The first-order valence-corrected chi connectivity index (χ1v) is 10.6. The van der Waals surface area contributed by atoms with Gasteiger partial charge in [0.25, 0.3) is 5.91 Å². The Balaban J connectivity index is 1.61. The molecule has 2 aliphatic heterocycles. The van der Waals surface area contributed by atoms with Crippen LogP contribution >= 0.6 is 0 Å². The van der Waals surface area contributed by atoms with E-state index >= 15 is 0 Å². The summed E-state index contributed by atoms with van der Waals surface area (Å²) in [6, 6.07) is 18.6. The molecule has 146 valence electrons. The van der Waals surface area contributed by atoms with Gasteiger partial charge in [-0.3, -0.25) is 20.0 Å². The summed E-state index contributed by atoms with van der Waals surface area (Å²) in [5.74, 6) is 0.127. The third-order valence-electron chi connectivity index (χ3n) is 6.98. The summed E-state index contributed by atoms with van der Waals surface area (Å²) in [4.78, 5) is 18.2. The summed E-state index contributed by atoms with van der Waals surface area (Å²) >= 11 is 0. The number of rotatable bonds is 1. The maximum Gasteiger partial charge on any atom is 0.260 e. The van der Waals surface area contributed by atoms with Crippen LogP contribution < -0.4 is 10.3 Å². The molecule has 1 spiro atoms. The lowest BCUT2D eigenvalue weighted by atomic mass is 9.61. The third-order valence-corrected chi connectivity index (χ3v) is 6.98. The summed E-state index contributed by atoms with van der Waals surface area (Å²) in [6.07, 6.45) is 8.28. The summed E-state index contributed by atoms with van der Waals surface area (Å²) < 4.78 is 0. The fourth-order valence-corrected chi connectivity index (χ4v) is 5.72. The molecular formula is C24H24N4O. The number of nitrogens with zero attached hydrogens (tertiary/aromatic N) is 3. The smallest absolute Gasteiger partial charge is 0.260 e. The molecule has 1 atom stereocenters. The lowest BCUT2D eigenvalue weighted by Crippen LogP contribution is -2.60. The number of anilines is 1. The van der Waals surface area contributed by atoms with Crippen LogP contribution in [0.4, 0.5) is 5.69 Å². The molecule has 1 saturated carbocycles. The van der Waals surface area contributed by atoms with Crippen molar-refractivity contribution < 1.29 is 4.79 Å². The first-order valence-electron chi connectivity index (χ1n) is 10.6. The van der Waals surface area contributed by atoms with Crippen molar-refractivity contribution >= 4 is 23.6 Å². The molecule has 1 fully saturated rings. The molecule has 0 radical (unpaired) electrons. The quantitative estimate of drug-likeness (QED) is 0.806. The Labute approximate surface area is 170 Å². The highest BCUT2D eigenvalue weighted by Gasteiger charge is 2.52. The van der Waals surface area contributed by atoms with Gasteiger partial charge in [0.15, 0.2) is 0 Å². The maximum absolute atomic E-state index is 14.1. The standard InChI is InChI=1S/C24H24N4O/c29-22-20-21(27-16-25-26-23(27)28(22)18-10-3-1-4-11-18)19-12-6-5-9-17(19)15-24(20)13-7-2-8-14-24/h1,3-6,9-12,16,23,26H,2,7-8,13-15H2. The molecule has 1 unspecified atom stereocenters. The van der Waals surface area contributed by atoms with Crippen LogP contribution in [0.1, 0.15) is 43.2 Å². The van der Waals surface area contributed by atoms with Crippen molar-refractivity contribution in [1.29, 1.82) is 0 Å². The van der Waals surface area contributed by atoms with Gasteiger partial charge in [0.1, 0.15) is 6.34 Å². The Morgan fingerprint density at radius 3 is 2.55 bits per heavy atom. The molecule has 0 bridgehead atoms. The van der Waals surface area contributed by atoms with Crippen LogP contribution in [-0.4, -0.2) is 23.4 Å². The monoisotopic (exact) mass is 384 g/mol. The summed E-state index contributed by atoms with van der Waals surface area (Å²) in [7, 11) is 0. The van der Waals surface area contributed by atoms with Gasteiger partial charge in [0.05, 0.1) is 5.70 Å². The minimum atomic E-state index is -0.324. The van der Waals surface area contributed by atoms with E-state index in [1.165, 1.54) is 30.4 Å². The van der Waals surface area contributed by atoms with Gasteiger partial charge in [-0.25, -0.2) is 0 Å². The van der Waals surface area contributed by atoms with Crippen molar-refractivity contribution in [2.75, 3.05) is 4.90 Å². The molecule has 1 N–H and O–H groups in total. The molecule has 0 saturated heterocycles. The first-order chi connectivity index (χ1) is 14.3. The van der Waals surface area contributed by atoms with Gasteiger partial charge in [-0.15, -0.1) is 0 Å². The lowest BCUT2D eigenvalue weighted by molar-refractivity contribution is -0.118. The predicted octanol–water partition coefficient (Wildman–Crippen LogP) is 4.08. The van der Waals surface area contributed by atoms with Crippen molar-refractivity contribution in [3.05, 3.63) is 71.3 Å². The Kier molecular flexibility index (Phi) is 3.60. The molecule has 1 amide bonds. The maximum atomic E-state index is 14.1.